The number of carbonyl (C=O) groups is 1. The summed E-state index contributed by atoms with van der Waals surface area (Å²) in [6.07, 6.45) is 9.00. The molecule has 0 atom stereocenters. The molecule has 0 aromatic carbocycles. The van der Waals surface area contributed by atoms with Gasteiger partial charge < -0.3 is 18.3 Å². The lowest BCUT2D eigenvalue weighted by atomic mass is 10.2. The van der Waals surface area contributed by atoms with Crippen molar-refractivity contribution in [2.24, 2.45) is 0 Å². The Kier molecular flexibility index (Phi) is 4.04. The van der Waals surface area contributed by atoms with Crippen LogP contribution in [0.1, 0.15) is 16.9 Å². The summed E-state index contributed by atoms with van der Waals surface area (Å²) in [6.45, 7) is 1.42. The van der Waals surface area contributed by atoms with Gasteiger partial charge in [-0.05, 0) is 18.6 Å². The summed E-state index contributed by atoms with van der Waals surface area (Å²) in [5, 5.41) is 0. The lowest BCUT2D eigenvalue weighted by Gasteiger charge is -2.16. The Morgan fingerprint density at radius 1 is 1.41 bits per heavy atom. The van der Waals surface area contributed by atoms with Crippen molar-refractivity contribution in [2.75, 3.05) is 13.6 Å². The molecule has 0 fully saturated rings. The van der Waals surface area contributed by atoms with E-state index in [0.29, 0.717) is 18.1 Å². The summed E-state index contributed by atoms with van der Waals surface area (Å²) >= 11 is 0. The van der Waals surface area contributed by atoms with Gasteiger partial charge in [0.15, 0.2) is 17.8 Å². The van der Waals surface area contributed by atoms with E-state index in [1.54, 1.807) is 36.6 Å². The lowest BCUT2D eigenvalue weighted by molar-refractivity contribution is 0.0787. The minimum Gasteiger partial charge on any atom is -0.461 e. The van der Waals surface area contributed by atoms with E-state index in [4.69, 9.17) is 8.83 Å². The number of imidazole rings is 1. The molecule has 1 amide bonds. The predicted molar refractivity (Wildman–Crippen MR) is 78.0 cm³/mol. The molecule has 3 aromatic heterocycles. The van der Waals surface area contributed by atoms with Gasteiger partial charge in [0.1, 0.15) is 0 Å². The first-order chi connectivity index (χ1) is 10.8. The third kappa shape index (κ3) is 2.93. The van der Waals surface area contributed by atoms with E-state index in [0.717, 1.165) is 13.0 Å². The topological polar surface area (TPSA) is 77.3 Å². The molecule has 0 N–H and O–H groups in total. The molecule has 22 heavy (non-hydrogen) atoms. The van der Waals surface area contributed by atoms with Crippen LogP contribution < -0.4 is 0 Å². The van der Waals surface area contributed by atoms with Gasteiger partial charge in [-0.15, -0.1) is 0 Å². The van der Waals surface area contributed by atoms with Crippen molar-refractivity contribution in [2.45, 2.75) is 13.0 Å². The molecular weight excluding hydrogens is 284 g/mol. The average Bonchev–Trinajstić information content (AvgIpc) is 3.26. The van der Waals surface area contributed by atoms with Crippen LogP contribution in [0.3, 0.4) is 0 Å². The maximum atomic E-state index is 12.5. The molecule has 3 aromatic rings. The summed E-state index contributed by atoms with van der Waals surface area (Å²) in [5.41, 5.74) is 0.264. The second-order valence-corrected chi connectivity index (χ2v) is 4.89. The van der Waals surface area contributed by atoms with Crippen molar-refractivity contribution in [3.05, 3.63) is 49.2 Å². The van der Waals surface area contributed by atoms with E-state index in [-0.39, 0.29) is 11.6 Å². The van der Waals surface area contributed by atoms with E-state index >= 15 is 0 Å². The normalized spacial score (nSPS) is 10.8. The summed E-state index contributed by atoms with van der Waals surface area (Å²) in [4.78, 5) is 22.1. The number of rotatable bonds is 6. The molecule has 3 rings (SSSR count). The fraction of sp³-hybridized carbons (Fsp3) is 0.267. The van der Waals surface area contributed by atoms with Gasteiger partial charge in [0.05, 0.1) is 12.6 Å². The summed E-state index contributed by atoms with van der Waals surface area (Å²) < 4.78 is 12.5. The molecule has 0 aliphatic rings. The van der Waals surface area contributed by atoms with Gasteiger partial charge in [-0.2, -0.15) is 0 Å². The Morgan fingerprint density at radius 2 is 2.32 bits per heavy atom. The molecule has 3 heterocycles. The SMILES string of the molecule is CN(CCCn1ccnc1)C(=O)c1ncoc1-c1ccco1. The second-order valence-electron chi connectivity index (χ2n) is 4.89. The monoisotopic (exact) mass is 300 g/mol. The minimum absolute atomic E-state index is 0.189. The third-order valence-electron chi connectivity index (χ3n) is 3.33. The Balaban J connectivity index is 1.62. The van der Waals surface area contributed by atoms with E-state index < -0.39 is 0 Å². The summed E-state index contributed by atoms with van der Waals surface area (Å²) in [7, 11) is 1.75. The van der Waals surface area contributed by atoms with Crippen LogP contribution in [0.4, 0.5) is 0 Å². The van der Waals surface area contributed by atoms with E-state index in [1.807, 2.05) is 10.8 Å². The largest absolute Gasteiger partial charge is 0.461 e. The number of aryl methyl sites for hydroxylation is 1. The Bertz CT molecular complexity index is 716. The Labute approximate surface area is 127 Å². The quantitative estimate of drug-likeness (QED) is 0.698. The van der Waals surface area contributed by atoms with Gasteiger partial charge in [-0.3, -0.25) is 4.79 Å². The highest BCUT2D eigenvalue weighted by Crippen LogP contribution is 2.24. The first kappa shape index (κ1) is 14.1. The smallest absolute Gasteiger partial charge is 0.276 e. The molecule has 0 spiro atoms. The first-order valence-corrected chi connectivity index (χ1v) is 6.94. The standard InChI is InChI=1S/C15H16N4O3/c1-18(6-3-7-19-8-5-16-10-19)15(20)13-14(22-11-17-13)12-4-2-9-21-12/h2,4-5,8-11H,3,6-7H2,1H3. The highest BCUT2D eigenvalue weighted by molar-refractivity contribution is 5.96. The fourth-order valence-corrected chi connectivity index (χ4v) is 2.17. The Hall–Kier alpha value is -2.83. The molecule has 0 bridgehead atoms. The molecule has 7 heteroatoms. The fourth-order valence-electron chi connectivity index (χ4n) is 2.17. The van der Waals surface area contributed by atoms with Gasteiger partial charge in [-0.25, -0.2) is 9.97 Å². The van der Waals surface area contributed by atoms with Crippen molar-refractivity contribution >= 4 is 5.91 Å². The molecule has 114 valence electrons. The number of carbonyl (C=O) groups excluding carboxylic acids is 1. The predicted octanol–water partition coefficient (Wildman–Crippen LogP) is 2.29. The molecule has 0 aliphatic carbocycles. The molecular formula is C15H16N4O3. The van der Waals surface area contributed by atoms with Crippen LogP contribution in [0.2, 0.25) is 0 Å². The van der Waals surface area contributed by atoms with Crippen LogP contribution in [-0.2, 0) is 6.54 Å². The van der Waals surface area contributed by atoms with Crippen molar-refractivity contribution in [1.29, 1.82) is 0 Å². The molecule has 0 aliphatic heterocycles. The molecule has 0 radical (unpaired) electrons. The zero-order valence-electron chi connectivity index (χ0n) is 12.2. The van der Waals surface area contributed by atoms with Crippen LogP contribution in [0, 0.1) is 0 Å². The van der Waals surface area contributed by atoms with Crippen LogP contribution >= 0.6 is 0 Å². The first-order valence-electron chi connectivity index (χ1n) is 6.94. The highest BCUT2D eigenvalue weighted by atomic mass is 16.4. The third-order valence-corrected chi connectivity index (χ3v) is 3.33. The van der Waals surface area contributed by atoms with E-state index in [9.17, 15) is 4.79 Å². The zero-order valence-corrected chi connectivity index (χ0v) is 12.2. The minimum atomic E-state index is -0.189. The van der Waals surface area contributed by atoms with Gasteiger partial charge in [0, 0.05) is 32.5 Å². The van der Waals surface area contributed by atoms with Crippen LogP contribution in [-0.4, -0.2) is 38.9 Å². The summed E-state index contributed by atoms with van der Waals surface area (Å²) in [5.74, 6) is 0.662. The number of nitrogens with zero attached hydrogens (tertiary/aromatic N) is 4. The van der Waals surface area contributed by atoms with E-state index in [1.165, 1.54) is 12.7 Å². The van der Waals surface area contributed by atoms with E-state index in [2.05, 4.69) is 9.97 Å². The van der Waals surface area contributed by atoms with Crippen molar-refractivity contribution < 1.29 is 13.6 Å². The number of aromatic nitrogens is 3. The molecule has 0 unspecified atom stereocenters. The summed E-state index contributed by atoms with van der Waals surface area (Å²) in [6, 6.07) is 3.47. The molecule has 7 nitrogen and oxygen atoms in total. The van der Waals surface area contributed by atoms with Crippen LogP contribution in [0.5, 0.6) is 0 Å². The number of hydrogen-bond acceptors (Lipinski definition) is 5. The second kappa shape index (κ2) is 6.30. The van der Waals surface area contributed by atoms with Gasteiger partial charge in [0.2, 0.25) is 5.76 Å². The maximum Gasteiger partial charge on any atom is 0.276 e. The number of hydrogen-bond donors (Lipinski definition) is 0. The van der Waals surface area contributed by atoms with Crippen molar-refractivity contribution in [1.82, 2.24) is 19.4 Å². The lowest BCUT2D eigenvalue weighted by Crippen LogP contribution is -2.29. The zero-order chi connectivity index (χ0) is 15.4. The van der Waals surface area contributed by atoms with Gasteiger partial charge in [0.25, 0.3) is 5.91 Å². The molecule has 0 saturated carbocycles. The number of furan rings is 1. The maximum absolute atomic E-state index is 12.5. The van der Waals surface area contributed by atoms with Gasteiger partial charge >= 0.3 is 0 Å². The van der Waals surface area contributed by atoms with Crippen molar-refractivity contribution in [3.8, 4) is 11.5 Å². The van der Waals surface area contributed by atoms with Crippen LogP contribution in [0.15, 0.2) is 52.3 Å². The van der Waals surface area contributed by atoms with Gasteiger partial charge in [-0.1, -0.05) is 0 Å². The average molecular weight is 300 g/mol. The van der Waals surface area contributed by atoms with Crippen molar-refractivity contribution in [3.63, 3.8) is 0 Å². The van der Waals surface area contributed by atoms with Crippen LogP contribution in [0.25, 0.3) is 11.5 Å². The number of amides is 1. The number of oxazole rings is 1. The Morgan fingerprint density at radius 3 is 3.05 bits per heavy atom. The molecule has 0 saturated heterocycles. The highest BCUT2D eigenvalue weighted by Gasteiger charge is 2.22.